The van der Waals surface area contributed by atoms with E-state index in [0.29, 0.717) is 16.7 Å². The molecule has 0 N–H and O–H groups in total. The van der Waals surface area contributed by atoms with E-state index in [1.165, 1.54) is 0 Å². The fourth-order valence-electron chi connectivity index (χ4n) is 2.68. The molecule has 1 atom stereocenters. The van der Waals surface area contributed by atoms with Crippen LogP contribution in [-0.2, 0) is 4.79 Å². The first-order valence-electron chi connectivity index (χ1n) is 6.81. The number of aliphatic carboxylic acids is 1. The van der Waals surface area contributed by atoms with E-state index in [4.69, 9.17) is 0 Å². The van der Waals surface area contributed by atoms with Gasteiger partial charge in [-0.15, -0.1) is 0 Å². The smallest absolute Gasteiger partial charge is 0.550 e. The molecule has 23 heavy (non-hydrogen) atoms. The first-order valence-corrected chi connectivity index (χ1v) is 6.81. The van der Waals surface area contributed by atoms with Gasteiger partial charge in [0.15, 0.2) is 0 Å². The Bertz CT molecular complexity index is 725. The number of carboxylic acid groups (broad SMARTS) is 1. The number of rotatable bonds is 4. The maximum Gasteiger partial charge on any atom is 1.00 e. The molecule has 0 saturated carbocycles. The molecule has 5 nitrogen and oxygen atoms in total. The summed E-state index contributed by atoms with van der Waals surface area (Å²) in [6, 6.07) is 14.2. The quantitative estimate of drug-likeness (QED) is 0.487. The summed E-state index contributed by atoms with van der Waals surface area (Å²) >= 11 is 0. The minimum absolute atomic E-state index is 0. The van der Waals surface area contributed by atoms with Crippen LogP contribution in [0.3, 0.4) is 0 Å². The maximum absolute atomic E-state index is 12.5. The van der Waals surface area contributed by atoms with Crippen molar-refractivity contribution in [2.24, 2.45) is 0 Å². The summed E-state index contributed by atoms with van der Waals surface area (Å²) in [6.45, 7) is 0. The number of hydrogen-bond donors (Lipinski definition) is 0. The van der Waals surface area contributed by atoms with Gasteiger partial charge in [-0.2, -0.15) is 0 Å². The molecule has 0 fully saturated rings. The van der Waals surface area contributed by atoms with Gasteiger partial charge in [-0.25, -0.2) is 0 Å². The Kier molecular flexibility index (Phi) is 5.88. The van der Waals surface area contributed by atoms with Gasteiger partial charge in [0.25, 0.3) is 11.8 Å². The van der Waals surface area contributed by atoms with Crippen LogP contribution in [0, 0.1) is 0 Å². The normalized spacial score (nSPS) is 14.2. The van der Waals surface area contributed by atoms with Crippen LogP contribution in [0.15, 0.2) is 54.6 Å². The summed E-state index contributed by atoms with van der Waals surface area (Å²) in [5, 5.41) is 11.1. The van der Waals surface area contributed by atoms with E-state index in [1.807, 2.05) is 0 Å². The van der Waals surface area contributed by atoms with E-state index in [0.717, 1.165) is 4.90 Å². The molecule has 0 saturated heterocycles. The number of carboxylic acids is 1. The fraction of sp³-hybridized carbons (Fsp3) is 0.118. The molecule has 0 bridgehead atoms. The van der Waals surface area contributed by atoms with Crippen molar-refractivity contribution in [2.45, 2.75) is 12.5 Å². The van der Waals surface area contributed by atoms with Gasteiger partial charge in [-0.3, -0.25) is 14.5 Å². The standard InChI is InChI=1S/C17H13NO4.K/c19-15(20)10-14(11-6-2-1-3-7-11)18-16(21)12-8-4-5-9-13(12)17(18)22;/h1-9,14H,10H2,(H,19,20);/q;+1/p-1. The van der Waals surface area contributed by atoms with Crippen molar-refractivity contribution >= 4 is 17.8 Å². The van der Waals surface area contributed by atoms with Gasteiger partial charge in [-0.1, -0.05) is 42.5 Å². The van der Waals surface area contributed by atoms with Crippen LogP contribution in [0.1, 0.15) is 38.7 Å². The van der Waals surface area contributed by atoms with Crippen LogP contribution in [0.5, 0.6) is 0 Å². The molecule has 2 aromatic rings. The summed E-state index contributed by atoms with van der Waals surface area (Å²) in [5.41, 5.74) is 1.18. The number of hydrogen-bond acceptors (Lipinski definition) is 4. The van der Waals surface area contributed by atoms with Crippen molar-refractivity contribution in [1.82, 2.24) is 4.90 Å². The van der Waals surface area contributed by atoms with Crippen LogP contribution < -0.4 is 56.5 Å². The number of fused-ring (bicyclic) bond motifs is 1. The molecule has 1 unspecified atom stereocenters. The number of amides is 2. The van der Waals surface area contributed by atoms with Crippen LogP contribution in [0.2, 0.25) is 0 Å². The first-order chi connectivity index (χ1) is 10.6. The minimum Gasteiger partial charge on any atom is -0.550 e. The van der Waals surface area contributed by atoms with E-state index < -0.39 is 30.2 Å². The van der Waals surface area contributed by atoms with Crippen molar-refractivity contribution in [3.63, 3.8) is 0 Å². The third-order valence-corrected chi connectivity index (χ3v) is 3.68. The number of benzene rings is 2. The monoisotopic (exact) mass is 333 g/mol. The number of nitrogens with zero attached hydrogens (tertiary/aromatic N) is 1. The van der Waals surface area contributed by atoms with Crippen molar-refractivity contribution in [2.75, 3.05) is 0 Å². The molecule has 2 amide bonds. The van der Waals surface area contributed by atoms with Gasteiger partial charge in [0.1, 0.15) is 0 Å². The molecular formula is C17H12KNO4. The summed E-state index contributed by atoms with van der Waals surface area (Å²) in [4.78, 5) is 37.1. The largest absolute Gasteiger partial charge is 1.00 e. The SMILES string of the molecule is O=C([O-])CC(c1ccccc1)N1C(=O)c2ccccc2C1=O.[K+]. The van der Waals surface area contributed by atoms with E-state index in [2.05, 4.69) is 0 Å². The molecule has 0 aromatic heterocycles. The zero-order valence-electron chi connectivity index (χ0n) is 12.6. The number of imide groups is 1. The van der Waals surface area contributed by atoms with Gasteiger partial charge in [0.05, 0.1) is 17.2 Å². The van der Waals surface area contributed by atoms with Crippen LogP contribution in [0.25, 0.3) is 0 Å². The molecule has 2 aromatic carbocycles. The second-order valence-electron chi connectivity index (χ2n) is 5.03. The Morgan fingerprint density at radius 2 is 1.39 bits per heavy atom. The molecular weight excluding hydrogens is 321 g/mol. The van der Waals surface area contributed by atoms with Crippen molar-refractivity contribution in [3.8, 4) is 0 Å². The van der Waals surface area contributed by atoms with Gasteiger partial charge in [-0.05, 0) is 17.7 Å². The average molecular weight is 333 g/mol. The van der Waals surface area contributed by atoms with Gasteiger partial charge in [0.2, 0.25) is 0 Å². The summed E-state index contributed by atoms with van der Waals surface area (Å²) < 4.78 is 0. The van der Waals surface area contributed by atoms with Gasteiger partial charge >= 0.3 is 51.4 Å². The predicted octanol–water partition coefficient (Wildman–Crippen LogP) is -1.83. The number of carbonyl (C=O) groups excluding carboxylic acids is 3. The zero-order chi connectivity index (χ0) is 15.7. The van der Waals surface area contributed by atoms with E-state index >= 15 is 0 Å². The molecule has 3 rings (SSSR count). The molecule has 0 aliphatic carbocycles. The Morgan fingerprint density at radius 3 is 1.87 bits per heavy atom. The van der Waals surface area contributed by atoms with Gasteiger partial charge in [0, 0.05) is 12.4 Å². The molecule has 0 spiro atoms. The molecule has 0 radical (unpaired) electrons. The van der Waals surface area contributed by atoms with E-state index in [-0.39, 0.29) is 51.4 Å². The van der Waals surface area contributed by atoms with Gasteiger partial charge < -0.3 is 9.90 Å². The molecule has 1 aliphatic heterocycles. The van der Waals surface area contributed by atoms with E-state index in [9.17, 15) is 19.5 Å². The zero-order valence-corrected chi connectivity index (χ0v) is 15.7. The Balaban J connectivity index is 0.00000192. The third-order valence-electron chi connectivity index (χ3n) is 3.68. The minimum atomic E-state index is -1.31. The molecule has 1 heterocycles. The maximum atomic E-state index is 12.5. The van der Waals surface area contributed by atoms with Crippen molar-refractivity contribution < 1.29 is 70.9 Å². The van der Waals surface area contributed by atoms with Crippen molar-refractivity contribution in [1.29, 1.82) is 0 Å². The second-order valence-corrected chi connectivity index (χ2v) is 5.03. The number of carbonyl (C=O) groups is 3. The Hall–Kier alpha value is -1.31. The Morgan fingerprint density at radius 1 is 0.913 bits per heavy atom. The Labute approximate surface area is 175 Å². The van der Waals surface area contributed by atoms with Crippen LogP contribution in [0.4, 0.5) is 0 Å². The molecule has 6 heteroatoms. The molecule has 1 aliphatic rings. The van der Waals surface area contributed by atoms with Crippen LogP contribution in [-0.4, -0.2) is 22.7 Å². The average Bonchev–Trinajstić information content (AvgIpc) is 2.78. The summed E-state index contributed by atoms with van der Waals surface area (Å²) in [7, 11) is 0. The summed E-state index contributed by atoms with van der Waals surface area (Å²) in [6.07, 6.45) is -0.435. The topological polar surface area (TPSA) is 77.5 Å². The van der Waals surface area contributed by atoms with Crippen LogP contribution >= 0.6 is 0 Å². The molecule has 110 valence electrons. The van der Waals surface area contributed by atoms with Crippen molar-refractivity contribution in [3.05, 3.63) is 71.3 Å². The fourth-order valence-corrected chi connectivity index (χ4v) is 2.68. The second kappa shape index (κ2) is 7.50. The summed E-state index contributed by atoms with van der Waals surface area (Å²) in [5.74, 6) is -2.27. The van der Waals surface area contributed by atoms with E-state index in [1.54, 1.807) is 54.6 Å². The predicted molar refractivity (Wildman–Crippen MR) is 75.7 cm³/mol. The third kappa shape index (κ3) is 3.46. The first kappa shape index (κ1) is 18.0.